The van der Waals surface area contributed by atoms with Crippen molar-refractivity contribution in [3.8, 4) is 0 Å². The summed E-state index contributed by atoms with van der Waals surface area (Å²) in [6, 6.07) is 2.78. The fraction of sp³-hybridized carbons (Fsp3) is 0.300. The highest BCUT2D eigenvalue weighted by Gasteiger charge is 2.51. The number of nitrogens with zero attached hydrogens (tertiary/aromatic N) is 1. The molecule has 1 aliphatic heterocycles. The molecule has 0 aromatic carbocycles. The Kier molecular flexibility index (Phi) is 2.92. The van der Waals surface area contributed by atoms with Crippen molar-refractivity contribution in [2.24, 2.45) is 0 Å². The maximum Gasteiger partial charge on any atom is 0.332 e. The van der Waals surface area contributed by atoms with Crippen molar-refractivity contribution in [1.82, 2.24) is 10.2 Å². The lowest BCUT2D eigenvalue weighted by molar-refractivity contribution is -0.140. The minimum absolute atomic E-state index is 0.403. The number of rotatable bonds is 2. The second-order valence-corrected chi connectivity index (χ2v) is 4.92. The van der Waals surface area contributed by atoms with E-state index in [1.807, 2.05) is 0 Å². The molecule has 1 aliphatic rings. The number of halogens is 1. The molecule has 1 N–H and O–H groups in total. The van der Waals surface area contributed by atoms with Gasteiger partial charge in [-0.1, -0.05) is 6.07 Å². The molecule has 1 aromatic heterocycles. The molecule has 7 heteroatoms. The standard InChI is InChI=1S/C10H9ClN2O3S/c1-10(6-3-2-4-17-6)8(15)13(7(14)5-11)9(16)12-10/h2-4H,5H2,1H3,(H,12,16). The van der Waals surface area contributed by atoms with Gasteiger partial charge in [0.25, 0.3) is 11.8 Å². The molecule has 4 amide bonds. The van der Waals surface area contributed by atoms with Gasteiger partial charge in [0.15, 0.2) is 5.54 Å². The van der Waals surface area contributed by atoms with Gasteiger partial charge in [-0.3, -0.25) is 9.59 Å². The van der Waals surface area contributed by atoms with Gasteiger partial charge in [0.05, 0.1) is 0 Å². The summed E-state index contributed by atoms with van der Waals surface area (Å²) in [4.78, 5) is 36.4. The van der Waals surface area contributed by atoms with Gasteiger partial charge in [-0.15, -0.1) is 22.9 Å². The molecule has 1 unspecified atom stereocenters. The number of amides is 4. The summed E-state index contributed by atoms with van der Waals surface area (Å²) in [5, 5.41) is 4.31. The van der Waals surface area contributed by atoms with Crippen LogP contribution in [0.1, 0.15) is 11.8 Å². The highest BCUT2D eigenvalue weighted by atomic mass is 35.5. The van der Waals surface area contributed by atoms with Crippen LogP contribution in [0.4, 0.5) is 4.79 Å². The quantitative estimate of drug-likeness (QED) is 0.651. The number of carbonyl (C=O) groups excluding carboxylic acids is 3. The smallest absolute Gasteiger partial charge is 0.318 e. The van der Waals surface area contributed by atoms with E-state index in [2.05, 4.69) is 5.32 Å². The Morgan fingerprint density at radius 3 is 2.82 bits per heavy atom. The Morgan fingerprint density at radius 1 is 1.59 bits per heavy atom. The number of carbonyl (C=O) groups is 3. The third kappa shape index (κ3) is 1.73. The molecule has 17 heavy (non-hydrogen) atoms. The van der Waals surface area contributed by atoms with Crippen molar-refractivity contribution < 1.29 is 14.4 Å². The first-order valence-electron chi connectivity index (χ1n) is 4.80. The number of hydrogen-bond acceptors (Lipinski definition) is 4. The van der Waals surface area contributed by atoms with Crippen molar-refractivity contribution in [1.29, 1.82) is 0 Å². The molecule has 1 atom stereocenters. The molecule has 1 fully saturated rings. The molecule has 0 bridgehead atoms. The summed E-state index contributed by atoms with van der Waals surface area (Å²) < 4.78 is 0. The van der Waals surface area contributed by atoms with Crippen molar-refractivity contribution in [2.75, 3.05) is 5.88 Å². The zero-order valence-electron chi connectivity index (χ0n) is 8.90. The molecule has 90 valence electrons. The van der Waals surface area contributed by atoms with Gasteiger partial charge in [0, 0.05) is 4.88 Å². The van der Waals surface area contributed by atoms with Gasteiger partial charge in [0.1, 0.15) is 5.88 Å². The molecule has 5 nitrogen and oxygen atoms in total. The summed E-state index contributed by atoms with van der Waals surface area (Å²) in [7, 11) is 0. The van der Waals surface area contributed by atoms with Gasteiger partial charge in [-0.2, -0.15) is 4.90 Å². The number of alkyl halides is 1. The second-order valence-electron chi connectivity index (χ2n) is 3.70. The normalized spacial score (nSPS) is 24.0. The van der Waals surface area contributed by atoms with Crippen LogP contribution in [-0.2, 0) is 15.1 Å². The lowest BCUT2D eigenvalue weighted by atomic mass is 10.0. The van der Waals surface area contributed by atoms with E-state index in [1.54, 1.807) is 24.4 Å². The Hall–Kier alpha value is -1.40. The molecular formula is C10H9ClN2O3S. The molecule has 0 radical (unpaired) electrons. The Bertz CT molecular complexity index is 488. The van der Waals surface area contributed by atoms with E-state index < -0.39 is 29.3 Å². The summed E-state index contributed by atoms with van der Waals surface area (Å²) >= 11 is 6.70. The topological polar surface area (TPSA) is 66.5 Å². The zero-order chi connectivity index (χ0) is 12.6. The van der Waals surface area contributed by atoms with Crippen molar-refractivity contribution in [3.63, 3.8) is 0 Å². The molecule has 0 aliphatic carbocycles. The summed E-state index contributed by atoms with van der Waals surface area (Å²) in [6.07, 6.45) is 0. The predicted molar refractivity (Wildman–Crippen MR) is 62.8 cm³/mol. The van der Waals surface area contributed by atoms with E-state index in [9.17, 15) is 14.4 Å². The summed E-state index contributed by atoms with van der Waals surface area (Å²) in [5.41, 5.74) is -1.17. The average Bonchev–Trinajstić information content (AvgIpc) is 2.88. The number of imide groups is 3. The number of urea groups is 1. The molecule has 2 heterocycles. The van der Waals surface area contributed by atoms with Crippen molar-refractivity contribution >= 4 is 40.8 Å². The first-order valence-corrected chi connectivity index (χ1v) is 6.21. The average molecular weight is 273 g/mol. The monoisotopic (exact) mass is 272 g/mol. The van der Waals surface area contributed by atoms with Gasteiger partial charge in [0.2, 0.25) is 0 Å². The SMILES string of the molecule is CC1(c2cccs2)NC(=O)N(C(=O)CCl)C1=O. The Morgan fingerprint density at radius 2 is 2.29 bits per heavy atom. The van der Waals surface area contributed by atoms with Crippen LogP contribution in [0.25, 0.3) is 0 Å². The molecule has 0 saturated carbocycles. The van der Waals surface area contributed by atoms with Crippen LogP contribution in [0.2, 0.25) is 0 Å². The summed E-state index contributed by atoms with van der Waals surface area (Å²) in [5.74, 6) is -1.70. The van der Waals surface area contributed by atoms with Crippen LogP contribution in [0.15, 0.2) is 17.5 Å². The fourth-order valence-electron chi connectivity index (χ4n) is 1.66. The van der Waals surface area contributed by atoms with Crippen LogP contribution < -0.4 is 5.32 Å². The predicted octanol–water partition coefficient (Wildman–Crippen LogP) is 1.28. The minimum Gasteiger partial charge on any atom is -0.318 e. The van der Waals surface area contributed by atoms with Crippen molar-refractivity contribution in [2.45, 2.75) is 12.5 Å². The Labute approximate surface area is 106 Å². The molecule has 1 aromatic rings. The van der Waals surface area contributed by atoms with Gasteiger partial charge < -0.3 is 5.32 Å². The van der Waals surface area contributed by atoms with Gasteiger partial charge in [-0.05, 0) is 18.4 Å². The van der Waals surface area contributed by atoms with E-state index in [0.717, 1.165) is 0 Å². The first-order chi connectivity index (χ1) is 8.00. The van der Waals surface area contributed by atoms with E-state index in [0.29, 0.717) is 9.78 Å². The second kappa shape index (κ2) is 4.12. The highest BCUT2D eigenvalue weighted by Crippen LogP contribution is 2.31. The molecule has 2 rings (SSSR count). The molecular weight excluding hydrogens is 264 g/mol. The van der Waals surface area contributed by atoms with Crippen LogP contribution in [0.5, 0.6) is 0 Å². The van der Waals surface area contributed by atoms with Crippen molar-refractivity contribution in [3.05, 3.63) is 22.4 Å². The molecule has 0 spiro atoms. The van der Waals surface area contributed by atoms with Crippen LogP contribution in [-0.4, -0.2) is 28.6 Å². The molecule has 1 saturated heterocycles. The van der Waals surface area contributed by atoms with Crippen LogP contribution >= 0.6 is 22.9 Å². The third-order valence-corrected chi connectivity index (χ3v) is 3.89. The number of hydrogen-bond donors (Lipinski definition) is 1. The number of thiophene rings is 1. The van der Waals surface area contributed by atoms with E-state index in [4.69, 9.17) is 11.6 Å². The highest BCUT2D eigenvalue weighted by molar-refractivity contribution is 7.10. The lowest BCUT2D eigenvalue weighted by Crippen LogP contribution is -2.41. The van der Waals surface area contributed by atoms with Crippen LogP contribution in [0.3, 0.4) is 0 Å². The van der Waals surface area contributed by atoms with Gasteiger partial charge >= 0.3 is 6.03 Å². The third-order valence-electron chi connectivity index (χ3n) is 2.57. The zero-order valence-corrected chi connectivity index (χ0v) is 10.5. The summed E-state index contributed by atoms with van der Waals surface area (Å²) in [6.45, 7) is 1.57. The van der Waals surface area contributed by atoms with Crippen LogP contribution in [0, 0.1) is 0 Å². The van der Waals surface area contributed by atoms with E-state index in [-0.39, 0.29) is 0 Å². The van der Waals surface area contributed by atoms with Gasteiger partial charge in [-0.25, -0.2) is 4.79 Å². The van der Waals surface area contributed by atoms with E-state index in [1.165, 1.54) is 11.3 Å². The lowest BCUT2D eigenvalue weighted by Gasteiger charge is -2.19. The maximum absolute atomic E-state index is 12.1. The largest absolute Gasteiger partial charge is 0.332 e. The maximum atomic E-state index is 12.1. The fourth-order valence-corrected chi connectivity index (χ4v) is 2.61. The number of nitrogens with one attached hydrogen (secondary N) is 1. The first kappa shape index (κ1) is 12.1. The van der Waals surface area contributed by atoms with E-state index >= 15 is 0 Å². The Balaban J connectivity index is 2.39. The minimum atomic E-state index is -1.17.